The van der Waals surface area contributed by atoms with Gasteiger partial charge < -0.3 is 10.0 Å². The summed E-state index contributed by atoms with van der Waals surface area (Å²) < 4.78 is -1.67. The van der Waals surface area contributed by atoms with Crippen LogP contribution in [0.25, 0.3) is 0 Å². The highest BCUT2D eigenvalue weighted by Gasteiger charge is 2.10. The Kier molecular flexibility index (Phi) is 2.40. The fourth-order valence-corrected chi connectivity index (χ4v) is 0. The molecular formula is C2H3BCl2O2-2. The standard InChI is InChI=1S/C2H3BCl2O2/c1-2(4,5)3(6)7/h1H3/q-2. The fraction of sp³-hybridized carbons (Fsp3) is 1.00. The van der Waals surface area contributed by atoms with Crippen molar-refractivity contribution in [2.45, 2.75) is 11.2 Å². The van der Waals surface area contributed by atoms with Crippen LogP contribution in [0.1, 0.15) is 6.92 Å². The van der Waals surface area contributed by atoms with E-state index in [0.717, 1.165) is 0 Å². The van der Waals surface area contributed by atoms with E-state index < -0.39 is 11.4 Å². The lowest BCUT2D eigenvalue weighted by Gasteiger charge is -2.36. The fourth-order valence-electron chi connectivity index (χ4n) is 0. The molecule has 0 saturated carbocycles. The van der Waals surface area contributed by atoms with Gasteiger partial charge >= 0.3 is 0 Å². The Labute approximate surface area is 52.2 Å². The first-order valence-corrected chi connectivity index (χ1v) is 2.39. The van der Waals surface area contributed by atoms with E-state index in [1.807, 2.05) is 0 Å². The number of hydrogen-bond acceptors (Lipinski definition) is 2. The minimum atomic E-state index is -2.17. The normalized spacial score (nSPS) is 11.6. The van der Waals surface area contributed by atoms with Crippen LogP contribution < -0.4 is 10.0 Å². The number of halogens is 2. The van der Waals surface area contributed by atoms with Gasteiger partial charge in [-0.1, -0.05) is 7.12 Å². The van der Waals surface area contributed by atoms with Crippen molar-refractivity contribution in [3.63, 3.8) is 0 Å². The van der Waals surface area contributed by atoms with E-state index in [-0.39, 0.29) is 0 Å². The van der Waals surface area contributed by atoms with E-state index in [1.165, 1.54) is 6.92 Å². The Morgan fingerprint density at radius 1 is 1.43 bits per heavy atom. The molecule has 0 atom stereocenters. The molecule has 0 unspecified atom stereocenters. The molecule has 0 bridgehead atoms. The van der Waals surface area contributed by atoms with Gasteiger partial charge in [0.2, 0.25) is 0 Å². The van der Waals surface area contributed by atoms with Gasteiger partial charge in [0.1, 0.15) is 0 Å². The lowest BCUT2D eigenvalue weighted by molar-refractivity contribution is -0.350. The lowest BCUT2D eigenvalue weighted by Crippen LogP contribution is -2.56. The highest BCUT2D eigenvalue weighted by atomic mass is 35.5. The zero-order chi connectivity index (χ0) is 6.08. The Balaban J connectivity index is 3.54. The zero-order valence-corrected chi connectivity index (χ0v) is 5.16. The minimum Gasteiger partial charge on any atom is -0.891 e. The van der Waals surface area contributed by atoms with Gasteiger partial charge in [0, 0.05) is 4.23 Å². The van der Waals surface area contributed by atoms with Gasteiger partial charge in [-0.15, -0.1) is 23.2 Å². The summed E-state index contributed by atoms with van der Waals surface area (Å²) in [7, 11) is -2.17. The highest BCUT2D eigenvalue weighted by molar-refractivity contribution is 6.73. The van der Waals surface area contributed by atoms with Crippen molar-refractivity contribution in [1.29, 1.82) is 0 Å². The summed E-state index contributed by atoms with van der Waals surface area (Å²) in [5, 5.41) is 19.5. The first-order chi connectivity index (χ1) is 2.94. The highest BCUT2D eigenvalue weighted by Crippen LogP contribution is 2.16. The van der Waals surface area contributed by atoms with Crippen LogP contribution in [0.3, 0.4) is 0 Å². The molecule has 0 rings (SSSR count). The van der Waals surface area contributed by atoms with Gasteiger partial charge in [0.15, 0.2) is 0 Å². The summed E-state index contributed by atoms with van der Waals surface area (Å²) in [6.45, 7) is 1.17. The van der Waals surface area contributed by atoms with Crippen molar-refractivity contribution in [2.24, 2.45) is 0 Å². The predicted molar refractivity (Wildman–Crippen MR) is 25.9 cm³/mol. The third kappa shape index (κ3) is 3.17. The van der Waals surface area contributed by atoms with Crippen LogP contribution in [0.2, 0.25) is 0 Å². The van der Waals surface area contributed by atoms with Crippen LogP contribution in [0.4, 0.5) is 0 Å². The Hall–Kier alpha value is 0.565. The molecule has 0 heterocycles. The molecule has 2 nitrogen and oxygen atoms in total. The van der Waals surface area contributed by atoms with Gasteiger partial charge in [-0.25, -0.2) is 0 Å². The van der Waals surface area contributed by atoms with Crippen molar-refractivity contribution in [3.05, 3.63) is 0 Å². The quantitative estimate of drug-likeness (QED) is 0.344. The molecule has 0 fully saturated rings. The zero-order valence-electron chi connectivity index (χ0n) is 3.65. The third-order valence-electron chi connectivity index (χ3n) is 0.414. The third-order valence-corrected chi connectivity index (χ3v) is 0.770. The Morgan fingerprint density at radius 2 is 1.57 bits per heavy atom. The molecular weight excluding hydrogens is 138 g/mol. The molecule has 0 radical (unpaired) electrons. The van der Waals surface area contributed by atoms with Crippen LogP contribution >= 0.6 is 23.2 Å². The summed E-state index contributed by atoms with van der Waals surface area (Å²) in [6.07, 6.45) is 0. The van der Waals surface area contributed by atoms with Crippen molar-refractivity contribution in [3.8, 4) is 0 Å². The topological polar surface area (TPSA) is 46.1 Å². The van der Waals surface area contributed by atoms with Gasteiger partial charge in [0.05, 0.1) is 0 Å². The van der Waals surface area contributed by atoms with Crippen LogP contribution in [0.5, 0.6) is 0 Å². The first-order valence-electron chi connectivity index (χ1n) is 1.64. The van der Waals surface area contributed by atoms with Crippen LogP contribution in [0, 0.1) is 0 Å². The molecule has 0 saturated heterocycles. The number of alkyl halides is 2. The Bertz CT molecular complexity index is 59.2. The number of hydrogen-bond donors (Lipinski definition) is 0. The summed E-state index contributed by atoms with van der Waals surface area (Å²) in [4.78, 5) is 0. The molecule has 5 heteroatoms. The van der Waals surface area contributed by atoms with E-state index in [4.69, 9.17) is 23.2 Å². The molecule has 0 spiro atoms. The van der Waals surface area contributed by atoms with E-state index in [0.29, 0.717) is 0 Å². The van der Waals surface area contributed by atoms with E-state index in [9.17, 15) is 10.0 Å². The molecule has 0 aromatic carbocycles. The maximum atomic E-state index is 9.73. The van der Waals surface area contributed by atoms with Crippen molar-refractivity contribution in [1.82, 2.24) is 0 Å². The first kappa shape index (κ1) is 7.56. The molecule has 0 aliphatic carbocycles. The van der Waals surface area contributed by atoms with Crippen molar-refractivity contribution in [2.75, 3.05) is 0 Å². The molecule has 0 aromatic heterocycles. The maximum Gasteiger partial charge on any atom is 0.0478 e. The molecule has 0 aliphatic rings. The van der Waals surface area contributed by atoms with Gasteiger partial charge in [-0.3, -0.25) is 0 Å². The average Bonchev–Trinajstić information content (AvgIpc) is 1.31. The maximum absolute atomic E-state index is 9.73. The summed E-state index contributed by atoms with van der Waals surface area (Å²) in [5.41, 5.74) is 0. The van der Waals surface area contributed by atoms with Gasteiger partial charge in [0.25, 0.3) is 0 Å². The van der Waals surface area contributed by atoms with Crippen LogP contribution in [0.15, 0.2) is 0 Å². The largest absolute Gasteiger partial charge is 0.891 e. The number of rotatable bonds is 1. The molecule has 0 aromatic rings. The smallest absolute Gasteiger partial charge is 0.0478 e. The second kappa shape index (κ2) is 2.22. The molecule has 0 amide bonds. The summed E-state index contributed by atoms with van der Waals surface area (Å²) in [6, 6.07) is 0. The summed E-state index contributed by atoms with van der Waals surface area (Å²) in [5.74, 6) is 0. The Morgan fingerprint density at radius 3 is 1.57 bits per heavy atom. The van der Waals surface area contributed by atoms with Gasteiger partial charge in [-0.05, 0) is 6.92 Å². The SMILES string of the molecule is CC(Cl)(Cl)B([O-])[O-]. The van der Waals surface area contributed by atoms with Crippen LogP contribution in [-0.4, -0.2) is 11.4 Å². The van der Waals surface area contributed by atoms with Crippen LogP contribution in [-0.2, 0) is 0 Å². The second-order valence-electron chi connectivity index (χ2n) is 1.29. The molecule has 7 heavy (non-hydrogen) atoms. The summed E-state index contributed by atoms with van der Waals surface area (Å²) >= 11 is 10.0. The lowest BCUT2D eigenvalue weighted by atomic mass is 9.86. The monoisotopic (exact) mass is 140 g/mol. The molecule has 0 N–H and O–H groups in total. The minimum absolute atomic E-state index is 1.17. The van der Waals surface area contributed by atoms with Crippen molar-refractivity contribution < 1.29 is 10.0 Å². The molecule has 42 valence electrons. The van der Waals surface area contributed by atoms with E-state index >= 15 is 0 Å². The average molecular weight is 141 g/mol. The van der Waals surface area contributed by atoms with E-state index in [2.05, 4.69) is 0 Å². The van der Waals surface area contributed by atoms with E-state index in [1.54, 1.807) is 0 Å². The van der Waals surface area contributed by atoms with Crippen molar-refractivity contribution >= 4 is 30.3 Å². The van der Waals surface area contributed by atoms with Gasteiger partial charge in [-0.2, -0.15) is 0 Å². The molecule has 0 aliphatic heterocycles. The predicted octanol–water partition coefficient (Wildman–Crippen LogP) is -1.07. The second-order valence-corrected chi connectivity index (χ2v) is 3.05.